The van der Waals surface area contributed by atoms with E-state index in [1.807, 2.05) is 12.1 Å². The Kier molecular flexibility index (Phi) is 6.09. The number of aromatic nitrogens is 2. The number of benzene rings is 1. The van der Waals surface area contributed by atoms with Crippen LogP contribution in [0.15, 0.2) is 29.2 Å². The van der Waals surface area contributed by atoms with Crippen LogP contribution in [0.2, 0.25) is 0 Å². The molecule has 0 amide bonds. The standard InChI is InChI=1S/C23H30N4O3S/c1-29-19-4-2-16(3-5-19)17-6-11-27(12-7-17)23-25-20-10-15-31(28)21(20)22(26-23)24-18-8-13-30-14-9-18/h2-5,17-18H,6-15H2,1H3,(H,24,25,26). The second-order valence-electron chi connectivity index (χ2n) is 8.51. The number of aryl methyl sites for hydroxylation is 1. The Labute approximate surface area is 186 Å². The van der Waals surface area contributed by atoms with E-state index in [0.29, 0.717) is 17.7 Å². The van der Waals surface area contributed by atoms with Crippen LogP contribution in [0.25, 0.3) is 0 Å². The number of methoxy groups -OCH3 is 1. The van der Waals surface area contributed by atoms with Gasteiger partial charge < -0.3 is 19.7 Å². The third-order valence-corrected chi connectivity index (χ3v) is 8.06. The van der Waals surface area contributed by atoms with E-state index in [1.165, 1.54) is 5.56 Å². The van der Waals surface area contributed by atoms with Crippen LogP contribution >= 0.6 is 0 Å². The van der Waals surface area contributed by atoms with Gasteiger partial charge in [-0.3, -0.25) is 4.21 Å². The molecule has 0 bridgehead atoms. The van der Waals surface area contributed by atoms with Crippen molar-refractivity contribution in [3.63, 3.8) is 0 Å². The molecule has 166 valence electrons. The molecule has 0 spiro atoms. The topological polar surface area (TPSA) is 76.6 Å². The van der Waals surface area contributed by atoms with E-state index in [-0.39, 0.29) is 0 Å². The SMILES string of the molecule is COc1ccc(C2CCN(c3nc4c(c(NC5CCOCC5)n3)S(=O)CC4)CC2)cc1. The molecule has 2 aromatic rings. The summed E-state index contributed by atoms with van der Waals surface area (Å²) < 4.78 is 23.4. The largest absolute Gasteiger partial charge is 0.497 e. The molecule has 0 saturated carbocycles. The summed E-state index contributed by atoms with van der Waals surface area (Å²) in [5, 5.41) is 3.57. The molecule has 1 atom stereocenters. The van der Waals surface area contributed by atoms with Gasteiger partial charge in [-0.05, 0) is 49.3 Å². The molecule has 0 radical (unpaired) electrons. The fourth-order valence-corrected chi connectivity index (χ4v) is 6.06. The zero-order valence-corrected chi connectivity index (χ0v) is 18.8. The van der Waals surface area contributed by atoms with E-state index < -0.39 is 10.8 Å². The Morgan fingerprint density at radius 1 is 1.10 bits per heavy atom. The summed E-state index contributed by atoms with van der Waals surface area (Å²) in [7, 11) is 0.691. The van der Waals surface area contributed by atoms with Crippen LogP contribution in [0.1, 0.15) is 42.9 Å². The molecule has 5 rings (SSSR count). The fourth-order valence-electron chi connectivity index (χ4n) is 4.75. The molecule has 3 aliphatic heterocycles. The minimum atomic E-state index is -1.01. The lowest BCUT2D eigenvalue weighted by molar-refractivity contribution is 0.0903. The molecule has 4 heterocycles. The van der Waals surface area contributed by atoms with Crippen LogP contribution in [0.4, 0.5) is 11.8 Å². The van der Waals surface area contributed by atoms with Gasteiger partial charge in [0.2, 0.25) is 5.95 Å². The monoisotopic (exact) mass is 442 g/mol. The smallest absolute Gasteiger partial charge is 0.227 e. The number of nitrogens with one attached hydrogen (secondary N) is 1. The Morgan fingerprint density at radius 2 is 1.84 bits per heavy atom. The lowest BCUT2D eigenvalue weighted by atomic mass is 9.89. The number of ether oxygens (including phenoxy) is 2. The van der Waals surface area contributed by atoms with Crippen molar-refractivity contribution < 1.29 is 13.7 Å². The molecule has 1 unspecified atom stereocenters. The van der Waals surface area contributed by atoms with Crippen LogP contribution < -0.4 is 15.0 Å². The van der Waals surface area contributed by atoms with Crippen LogP contribution in [0.5, 0.6) is 5.75 Å². The second kappa shape index (κ2) is 9.12. The van der Waals surface area contributed by atoms with Gasteiger partial charge in [0, 0.05) is 44.5 Å². The maximum absolute atomic E-state index is 12.6. The van der Waals surface area contributed by atoms with Crippen molar-refractivity contribution in [1.29, 1.82) is 0 Å². The highest BCUT2D eigenvalue weighted by atomic mass is 32.2. The molecule has 3 aliphatic rings. The van der Waals surface area contributed by atoms with E-state index in [1.54, 1.807) is 7.11 Å². The second-order valence-corrected chi connectivity index (χ2v) is 10.0. The van der Waals surface area contributed by atoms with Gasteiger partial charge in [-0.2, -0.15) is 4.98 Å². The molecule has 0 aliphatic carbocycles. The summed E-state index contributed by atoms with van der Waals surface area (Å²) in [5.74, 6) is 3.65. The maximum atomic E-state index is 12.6. The summed E-state index contributed by atoms with van der Waals surface area (Å²) in [6, 6.07) is 8.75. The number of fused-ring (bicyclic) bond motifs is 1. The van der Waals surface area contributed by atoms with Gasteiger partial charge in [-0.1, -0.05) is 12.1 Å². The predicted molar refractivity (Wildman–Crippen MR) is 122 cm³/mol. The van der Waals surface area contributed by atoms with Crippen molar-refractivity contribution in [3.8, 4) is 5.75 Å². The van der Waals surface area contributed by atoms with Crippen molar-refractivity contribution in [2.75, 3.05) is 49.4 Å². The molecule has 1 aromatic carbocycles. The Balaban J connectivity index is 1.32. The van der Waals surface area contributed by atoms with Crippen molar-refractivity contribution in [2.45, 2.75) is 49.0 Å². The first-order chi connectivity index (χ1) is 15.2. The van der Waals surface area contributed by atoms with Crippen LogP contribution in [0, 0.1) is 0 Å². The van der Waals surface area contributed by atoms with E-state index in [4.69, 9.17) is 19.4 Å². The zero-order chi connectivity index (χ0) is 21.2. The molecule has 1 N–H and O–H groups in total. The number of piperidine rings is 1. The van der Waals surface area contributed by atoms with Crippen LogP contribution in [0.3, 0.4) is 0 Å². The van der Waals surface area contributed by atoms with E-state index >= 15 is 0 Å². The molecule has 31 heavy (non-hydrogen) atoms. The Bertz CT molecular complexity index is 939. The molecule has 2 saturated heterocycles. The van der Waals surface area contributed by atoms with Crippen LogP contribution in [-0.2, 0) is 22.0 Å². The summed E-state index contributed by atoms with van der Waals surface area (Å²) in [6.07, 6.45) is 4.81. The van der Waals surface area contributed by atoms with Gasteiger partial charge in [0.25, 0.3) is 0 Å². The van der Waals surface area contributed by atoms with Gasteiger partial charge in [-0.15, -0.1) is 0 Å². The maximum Gasteiger partial charge on any atom is 0.227 e. The molecular formula is C23H30N4O3S. The molecular weight excluding hydrogens is 412 g/mol. The van der Waals surface area contributed by atoms with E-state index in [9.17, 15) is 4.21 Å². The van der Waals surface area contributed by atoms with Gasteiger partial charge in [0.05, 0.1) is 23.6 Å². The number of hydrogen-bond acceptors (Lipinski definition) is 7. The highest BCUT2D eigenvalue weighted by Gasteiger charge is 2.30. The summed E-state index contributed by atoms with van der Waals surface area (Å²) in [6.45, 7) is 3.38. The van der Waals surface area contributed by atoms with E-state index in [0.717, 1.165) is 86.5 Å². The van der Waals surface area contributed by atoms with Gasteiger partial charge in [-0.25, -0.2) is 4.98 Å². The first kappa shape index (κ1) is 20.7. The first-order valence-electron chi connectivity index (χ1n) is 11.2. The normalized spacial score (nSPS) is 22.4. The predicted octanol–water partition coefficient (Wildman–Crippen LogP) is 3.12. The summed E-state index contributed by atoms with van der Waals surface area (Å²) >= 11 is 0. The molecule has 8 heteroatoms. The highest BCUT2D eigenvalue weighted by molar-refractivity contribution is 7.85. The van der Waals surface area contributed by atoms with Gasteiger partial charge >= 0.3 is 0 Å². The quantitative estimate of drug-likeness (QED) is 0.762. The molecule has 7 nitrogen and oxygen atoms in total. The highest BCUT2D eigenvalue weighted by Crippen LogP contribution is 2.34. The molecule has 2 fully saturated rings. The van der Waals surface area contributed by atoms with Gasteiger partial charge in [0.15, 0.2) is 0 Å². The lowest BCUT2D eigenvalue weighted by Crippen LogP contribution is -2.35. The zero-order valence-electron chi connectivity index (χ0n) is 18.0. The van der Waals surface area contributed by atoms with Crippen LogP contribution in [-0.4, -0.2) is 59.4 Å². The third-order valence-electron chi connectivity index (χ3n) is 6.60. The van der Waals surface area contributed by atoms with Gasteiger partial charge in [0.1, 0.15) is 16.5 Å². The lowest BCUT2D eigenvalue weighted by Gasteiger charge is -2.33. The molecule has 1 aromatic heterocycles. The number of nitrogens with zero attached hydrogens (tertiary/aromatic N) is 3. The minimum Gasteiger partial charge on any atom is -0.497 e. The number of hydrogen-bond donors (Lipinski definition) is 1. The Hall–Kier alpha value is -2.19. The van der Waals surface area contributed by atoms with Crippen molar-refractivity contribution >= 4 is 22.6 Å². The minimum absolute atomic E-state index is 0.319. The van der Waals surface area contributed by atoms with E-state index in [2.05, 4.69) is 22.3 Å². The number of rotatable bonds is 5. The number of anilines is 2. The average molecular weight is 443 g/mol. The van der Waals surface area contributed by atoms with Crippen molar-refractivity contribution in [3.05, 3.63) is 35.5 Å². The average Bonchev–Trinajstić information content (AvgIpc) is 3.21. The summed E-state index contributed by atoms with van der Waals surface area (Å²) in [5.41, 5.74) is 2.32. The summed E-state index contributed by atoms with van der Waals surface area (Å²) in [4.78, 5) is 12.8. The first-order valence-corrected chi connectivity index (χ1v) is 12.6. The fraction of sp³-hybridized carbons (Fsp3) is 0.565. The Morgan fingerprint density at radius 3 is 2.55 bits per heavy atom. The van der Waals surface area contributed by atoms with Crippen molar-refractivity contribution in [1.82, 2.24) is 9.97 Å². The third kappa shape index (κ3) is 4.41. The van der Waals surface area contributed by atoms with Crippen molar-refractivity contribution in [2.24, 2.45) is 0 Å².